The molecule has 1 heterocycles. The number of ether oxygens (including phenoxy) is 2. The van der Waals surface area contributed by atoms with E-state index in [1.807, 2.05) is 0 Å². The Morgan fingerprint density at radius 3 is 2.26 bits per heavy atom. The molecule has 0 spiro atoms. The van der Waals surface area contributed by atoms with Crippen LogP contribution in [0, 0.1) is 0 Å². The number of carbonyl (C=O) groups is 2. The standard InChI is InChI=1S/C12H19NO16S2/c14-2-4(13-30(21,22)23)8(17)10(6(16)3-27-31(24,25)26)29-12-9(18)5(15)1-7(28-12)11(19)20/h1-2,4-6,8-10,12-13,15-18H,3H2,(H,19,20)(H,21,22,23)(H,24,25,26). The Balaban J connectivity index is 3.21. The van der Waals surface area contributed by atoms with Gasteiger partial charge in [0.05, 0.1) is 6.61 Å². The van der Waals surface area contributed by atoms with Crippen LogP contribution in [0.5, 0.6) is 0 Å². The molecule has 7 unspecified atom stereocenters. The Bertz CT molecular complexity index is 884. The lowest BCUT2D eigenvalue weighted by atomic mass is 10.0. The van der Waals surface area contributed by atoms with Crippen LogP contribution < -0.4 is 4.72 Å². The van der Waals surface area contributed by atoms with E-state index in [1.54, 1.807) is 0 Å². The highest BCUT2D eigenvalue weighted by atomic mass is 32.3. The van der Waals surface area contributed by atoms with Crippen molar-refractivity contribution in [1.82, 2.24) is 4.72 Å². The van der Waals surface area contributed by atoms with Gasteiger partial charge in [-0.2, -0.15) is 21.6 Å². The van der Waals surface area contributed by atoms with Crippen molar-refractivity contribution >= 4 is 33.0 Å². The molecule has 0 saturated heterocycles. The van der Waals surface area contributed by atoms with Crippen LogP contribution in [0.25, 0.3) is 0 Å². The predicted molar refractivity (Wildman–Crippen MR) is 91.5 cm³/mol. The summed E-state index contributed by atoms with van der Waals surface area (Å²) < 4.78 is 75.4. The summed E-state index contributed by atoms with van der Waals surface area (Å²) in [4.78, 5) is 22.1. The van der Waals surface area contributed by atoms with Crippen LogP contribution in [-0.2, 0) is 43.9 Å². The Morgan fingerprint density at radius 1 is 1.23 bits per heavy atom. The first-order valence-corrected chi connectivity index (χ1v) is 10.7. The molecule has 180 valence electrons. The van der Waals surface area contributed by atoms with E-state index in [-0.39, 0.29) is 6.29 Å². The number of aldehydes is 1. The molecule has 7 atom stereocenters. The van der Waals surface area contributed by atoms with Crippen molar-refractivity contribution in [2.75, 3.05) is 6.61 Å². The number of carbonyl (C=O) groups excluding carboxylic acids is 1. The number of carboxylic acids is 1. The maximum absolute atomic E-state index is 11.1. The van der Waals surface area contributed by atoms with Gasteiger partial charge in [0.25, 0.3) is 0 Å². The van der Waals surface area contributed by atoms with E-state index in [4.69, 9.17) is 23.7 Å². The molecule has 0 aromatic carbocycles. The Hall–Kier alpha value is -1.78. The summed E-state index contributed by atoms with van der Waals surface area (Å²) in [6, 6.07) is -2.24. The lowest BCUT2D eigenvalue weighted by Crippen LogP contribution is -2.57. The molecular formula is C12H19NO16S2. The van der Waals surface area contributed by atoms with Gasteiger partial charge < -0.3 is 39.8 Å². The molecule has 1 aliphatic rings. The number of rotatable bonds is 12. The van der Waals surface area contributed by atoms with Crippen LogP contribution in [0.3, 0.4) is 0 Å². The fourth-order valence-electron chi connectivity index (χ4n) is 2.24. The van der Waals surface area contributed by atoms with Crippen molar-refractivity contribution in [1.29, 1.82) is 0 Å². The number of carboxylic acid groups (broad SMARTS) is 1. The van der Waals surface area contributed by atoms with Crippen LogP contribution in [-0.4, -0.2) is 113 Å². The van der Waals surface area contributed by atoms with Crippen molar-refractivity contribution in [2.45, 2.75) is 42.9 Å². The molecule has 0 amide bonds. The molecular weight excluding hydrogens is 478 g/mol. The summed E-state index contributed by atoms with van der Waals surface area (Å²) in [6.07, 6.45) is -12.9. The molecule has 0 bridgehead atoms. The second kappa shape index (κ2) is 10.7. The van der Waals surface area contributed by atoms with Gasteiger partial charge in [0.1, 0.15) is 42.8 Å². The number of aliphatic hydroxyl groups is 4. The van der Waals surface area contributed by atoms with Gasteiger partial charge in [-0.15, -0.1) is 0 Å². The lowest BCUT2D eigenvalue weighted by Gasteiger charge is -2.36. The van der Waals surface area contributed by atoms with Crippen LogP contribution in [0.1, 0.15) is 0 Å². The van der Waals surface area contributed by atoms with Gasteiger partial charge in [-0.1, -0.05) is 0 Å². The smallest absolute Gasteiger partial charge is 0.397 e. The summed E-state index contributed by atoms with van der Waals surface area (Å²) in [6.45, 7) is -1.36. The lowest BCUT2D eigenvalue weighted by molar-refractivity contribution is -0.255. The SMILES string of the molecule is O=CC(NS(=O)(=O)O)C(O)C(OC1OC(C(=O)O)=CC(O)C1O)C(O)COS(=O)(=O)O. The fraction of sp³-hybridized carbons (Fsp3) is 0.667. The number of nitrogens with one attached hydrogen (secondary N) is 1. The molecule has 0 aliphatic carbocycles. The zero-order chi connectivity index (χ0) is 24.1. The van der Waals surface area contributed by atoms with E-state index in [0.29, 0.717) is 6.08 Å². The van der Waals surface area contributed by atoms with Crippen LogP contribution in [0.15, 0.2) is 11.8 Å². The van der Waals surface area contributed by atoms with E-state index in [1.165, 1.54) is 4.72 Å². The molecule has 17 nitrogen and oxygen atoms in total. The van der Waals surface area contributed by atoms with Crippen molar-refractivity contribution in [3.8, 4) is 0 Å². The number of aliphatic hydroxyl groups excluding tert-OH is 4. The first kappa shape index (κ1) is 27.3. The van der Waals surface area contributed by atoms with E-state index >= 15 is 0 Å². The van der Waals surface area contributed by atoms with Gasteiger partial charge in [-0.25, -0.2) is 8.98 Å². The van der Waals surface area contributed by atoms with E-state index < -0.39 is 81.9 Å². The summed E-state index contributed by atoms with van der Waals surface area (Å²) in [5, 5.41) is 48.8. The summed E-state index contributed by atoms with van der Waals surface area (Å²) in [5.41, 5.74) is 0. The Kier molecular flexibility index (Phi) is 9.40. The zero-order valence-corrected chi connectivity index (χ0v) is 16.7. The Labute approximate surface area is 174 Å². The minimum atomic E-state index is -5.13. The summed E-state index contributed by atoms with van der Waals surface area (Å²) >= 11 is 0. The summed E-state index contributed by atoms with van der Waals surface area (Å²) in [5.74, 6) is -2.67. The van der Waals surface area contributed by atoms with E-state index in [9.17, 15) is 46.9 Å². The van der Waals surface area contributed by atoms with Crippen molar-refractivity contribution < 1.29 is 74.7 Å². The first-order valence-electron chi connectivity index (χ1n) is 7.87. The predicted octanol–water partition coefficient (Wildman–Crippen LogP) is -5.08. The third kappa shape index (κ3) is 8.70. The first-order chi connectivity index (χ1) is 14.1. The van der Waals surface area contributed by atoms with Crippen molar-refractivity contribution in [2.24, 2.45) is 0 Å². The van der Waals surface area contributed by atoms with Gasteiger partial charge >= 0.3 is 26.7 Å². The van der Waals surface area contributed by atoms with Gasteiger partial charge in [-0.3, -0.25) is 9.11 Å². The fourth-order valence-corrected chi connectivity index (χ4v) is 3.09. The normalized spacial score (nSPS) is 26.1. The van der Waals surface area contributed by atoms with Gasteiger partial charge in [-0.05, 0) is 6.08 Å². The molecule has 0 radical (unpaired) electrons. The molecule has 0 aromatic rings. The number of hydrogen-bond acceptors (Lipinski definition) is 13. The van der Waals surface area contributed by atoms with Crippen LogP contribution in [0.4, 0.5) is 0 Å². The molecule has 19 heteroatoms. The minimum absolute atomic E-state index is 0.263. The highest BCUT2D eigenvalue weighted by Crippen LogP contribution is 2.23. The highest BCUT2D eigenvalue weighted by molar-refractivity contribution is 7.83. The van der Waals surface area contributed by atoms with E-state index in [2.05, 4.69) is 4.18 Å². The minimum Gasteiger partial charge on any atom is -0.475 e. The molecule has 1 rings (SSSR count). The average molecular weight is 497 g/mol. The third-order valence-electron chi connectivity index (χ3n) is 3.60. The quantitative estimate of drug-likeness (QED) is 0.0924. The second-order valence-corrected chi connectivity index (χ2v) is 8.21. The molecule has 8 N–H and O–H groups in total. The molecule has 0 saturated carbocycles. The maximum Gasteiger partial charge on any atom is 0.397 e. The van der Waals surface area contributed by atoms with Crippen molar-refractivity contribution in [3.05, 3.63) is 11.8 Å². The van der Waals surface area contributed by atoms with Crippen LogP contribution in [0.2, 0.25) is 0 Å². The second-order valence-electron chi connectivity index (χ2n) is 5.93. The number of hydrogen-bond donors (Lipinski definition) is 8. The summed E-state index contributed by atoms with van der Waals surface area (Å²) in [7, 11) is -10.2. The van der Waals surface area contributed by atoms with E-state index in [0.717, 1.165) is 0 Å². The van der Waals surface area contributed by atoms with Crippen molar-refractivity contribution in [3.63, 3.8) is 0 Å². The molecule has 0 fully saturated rings. The Morgan fingerprint density at radius 2 is 1.81 bits per heavy atom. The van der Waals surface area contributed by atoms with Gasteiger partial charge in [0.15, 0.2) is 0 Å². The highest BCUT2D eigenvalue weighted by Gasteiger charge is 2.43. The average Bonchev–Trinajstić information content (AvgIpc) is 2.63. The third-order valence-corrected chi connectivity index (χ3v) is 4.60. The molecule has 1 aliphatic heterocycles. The number of aliphatic carboxylic acids is 1. The molecule has 31 heavy (non-hydrogen) atoms. The molecule has 0 aromatic heterocycles. The topological polar surface area (TPSA) is 284 Å². The van der Waals surface area contributed by atoms with Gasteiger partial charge in [0.2, 0.25) is 12.0 Å². The van der Waals surface area contributed by atoms with Gasteiger partial charge in [0, 0.05) is 0 Å². The monoisotopic (exact) mass is 497 g/mol. The largest absolute Gasteiger partial charge is 0.475 e. The zero-order valence-electron chi connectivity index (χ0n) is 15.0. The van der Waals surface area contributed by atoms with Crippen LogP contribution >= 0.6 is 0 Å². The maximum atomic E-state index is 11.1.